The van der Waals surface area contributed by atoms with E-state index >= 15 is 0 Å². The number of ether oxygens (including phenoxy) is 2. The molecule has 5 nitrogen and oxygen atoms in total. The van der Waals surface area contributed by atoms with Crippen LogP contribution in [0.2, 0.25) is 0 Å². The Morgan fingerprint density at radius 1 is 1.25 bits per heavy atom. The van der Waals surface area contributed by atoms with Crippen LogP contribution in [0.4, 0.5) is 4.79 Å². The molecule has 84 valence electrons. The Labute approximate surface area is 92.4 Å². The summed E-state index contributed by atoms with van der Waals surface area (Å²) >= 11 is 0. The molecule has 0 spiro atoms. The zero-order chi connectivity index (χ0) is 11.4. The van der Waals surface area contributed by atoms with Gasteiger partial charge in [-0.2, -0.15) is 0 Å². The average molecular weight is 221 g/mol. The first-order valence-corrected chi connectivity index (χ1v) is 4.89. The van der Waals surface area contributed by atoms with Crippen LogP contribution in [0.15, 0.2) is 30.3 Å². The molecular formula is C11H11NO4. The first-order valence-electron chi connectivity index (χ1n) is 4.89. The molecule has 0 aliphatic carbocycles. The van der Waals surface area contributed by atoms with E-state index in [0.717, 1.165) is 5.56 Å². The molecule has 5 heteroatoms. The second-order valence-electron chi connectivity index (χ2n) is 3.41. The fraction of sp³-hybridized carbons (Fsp3) is 0.273. The summed E-state index contributed by atoms with van der Waals surface area (Å²) < 4.78 is 9.61. The molecule has 1 heterocycles. The fourth-order valence-corrected chi connectivity index (χ4v) is 1.37. The summed E-state index contributed by atoms with van der Waals surface area (Å²) in [6, 6.07) is 8.89. The van der Waals surface area contributed by atoms with Gasteiger partial charge in [-0.15, -0.1) is 0 Å². The van der Waals surface area contributed by atoms with E-state index < -0.39 is 18.1 Å². The van der Waals surface area contributed by atoms with Crippen LogP contribution in [-0.4, -0.2) is 24.7 Å². The first kappa shape index (κ1) is 10.6. The minimum Gasteiger partial charge on any atom is -0.375 e. The largest absolute Gasteiger partial charge is 0.415 e. The van der Waals surface area contributed by atoms with Crippen molar-refractivity contribution in [2.75, 3.05) is 6.61 Å². The zero-order valence-electron chi connectivity index (χ0n) is 8.51. The van der Waals surface area contributed by atoms with Crippen LogP contribution in [0.5, 0.6) is 0 Å². The van der Waals surface area contributed by atoms with E-state index in [1.807, 2.05) is 30.3 Å². The van der Waals surface area contributed by atoms with E-state index in [1.54, 1.807) is 0 Å². The normalized spacial score (nSPS) is 19.4. The number of carbonyl (C=O) groups excluding carboxylic acids is 2. The summed E-state index contributed by atoms with van der Waals surface area (Å²) in [7, 11) is 0. The molecule has 1 amide bonds. The highest BCUT2D eigenvalue weighted by Crippen LogP contribution is 2.04. The minimum absolute atomic E-state index is 0.124. The molecule has 1 saturated heterocycles. The third-order valence-electron chi connectivity index (χ3n) is 2.17. The van der Waals surface area contributed by atoms with Crippen LogP contribution in [0.3, 0.4) is 0 Å². The number of carbonyl (C=O) groups is 2. The molecule has 1 fully saturated rings. The Kier molecular flexibility index (Phi) is 3.16. The van der Waals surface area contributed by atoms with Crippen molar-refractivity contribution in [3.63, 3.8) is 0 Å². The van der Waals surface area contributed by atoms with Crippen LogP contribution >= 0.6 is 0 Å². The Hall–Kier alpha value is -1.88. The highest BCUT2D eigenvalue weighted by atomic mass is 16.6. The summed E-state index contributed by atoms with van der Waals surface area (Å²) in [5.74, 6) is -0.585. The fourth-order valence-electron chi connectivity index (χ4n) is 1.37. The highest BCUT2D eigenvalue weighted by Gasteiger charge is 2.32. The number of amides is 1. The number of cyclic esters (lactones) is 2. The molecule has 1 aromatic carbocycles. The van der Waals surface area contributed by atoms with E-state index in [1.165, 1.54) is 0 Å². The highest BCUT2D eigenvalue weighted by molar-refractivity contribution is 5.95. The summed E-state index contributed by atoms with van der Waals surface area (Å²) in [4.78, 5) is 21.7. The molecule has 0 saturated carbocycles. The maximum atomic E-state index is 11.0. The van der Waals surface area contributed by atoms with Crippen molar-refractivity contribution in [3.8, 4) is 0 Å². The lowest BCUT2D eigenvalue weighted by atomic mass is 10.2. The molecular weight excluding hydrogens is 210 g/mol. The van der Waals surface area contributed by atoms with Crippen LogP contribution in [0, 0.1) is 0 Å². The van der Waals surface area contributed by atoms with Crippen molar-refractivity contribution in [2.45, 2.75) is 12.6 Å². The van der Waals surface area contributed by atoms with E-state index in [9.17, 15) is 9.59 Å². The van der Waals surface area contributed by atoms with Gasteiger partial charge in [-0.25, -0.2) is 9.59 Å². The first-order chi connectivity index (χ1) is 7.75. The molecule has 0 radical (unpaired) electrons. The quantitative estimate of drug-likeness (QED) is 0.604. The Morgan fingerprint density at radius 3 is 2.62 bits per heavy atom. The van der Waals surface area contributed by atoms with Gasteiger partial charge in [0.15, 0.2) is 6.04 Å². The van der Waals surface area contributed by atoms with Crippen LogP contribution in [0.25, 0.3) is 0 Å². The summed E-state index contributed by atoms with van der Waals surface area (Å²) in [5.41, 5.74) is 1.01. The lowest BCUT2D eigenvalue weighted by molar-refractivity contribution is -0.136. The summed E-state index contributed by atoms with van der Waals surface area (Å²) in [5, 5.41) is 2.35. The van der Waals surface area contributed by atoms with Gasteiger partial charge in [-0.3, -0.25) is 0 Å². The summed E-state index contributed by atoms with van der Waals surface area (Å²) in [6.45, 7) is 0.528. The molecule has 1 N–H and O–H groups in total. The molecule has 16 heavy (non-hydrogen) atoms. The van der Waals surface area contributed by atoms with Gasteiger partial charge in [0.05, 0.1) is 13.2 Å². The van der Waals surface area contributed by atoms with Crippen LogP contribution < -0.4 is 5.32 Å². The SMILES string of the molecule is O=C1N[C@H](COCc2ccccc2)C(=O)O1. The maximum absolute atomic E-state index is 11.0. The van der Waals surface area contributed by atoms with Gasteiger partial charge >= 0.3 is 12.1 Å². The van der Waals surface area contributed by atoms with Gasteiger partial charge in [-0.05, 0) is 5.56 Å². The molecule has 1 aromatic rings. The molecule has 1 aliphatic heterocycles. The van der Waals surface area contributed by atoms with Crippen molar-refractivity contribution in [1.82, 2.24) is 5.32 Å². The van der Waals surface area contributed by atoms with Crippen LogP contribution in [-0.2, 0) is 20.9 Å². The number of benzene rings is 1. The molecule has 0 aromatic heterocycles. The van der Waals surface area contributed by atoms with Crippen molar-refractivity contribution >= 4 is 12.1 Å². The number of hydrogen-bond acceptors (Lipinski definition) is 4. The van der Waals surface area contributed by atoms with Crippen molar-refractivity contribution in [2.24, 2.45) is 0 Å². The standard InChI is InChI=1S/C11H11NO4/c13-10-9(12-11(14)16-10)7-15-6-8-4-2-1-3-5-8/h1-5,9H,6-7H2,(H,12,14)/t9-/m1/s1. The minimum atomic E-state index is -0.710. The summed E-state index contributed by atoms with van der Waals surface area (Å²) in [6.07, 6.45) is -0.710. The third kappa shape index (κ3) is 2.58. The Morgan fingerprint density at radius 2 is 2.00 bits per heavy atom. The second-order valence-corrected chi connectivity index (χ2v) is 3.41. The smallest absolute Gasteiger partial charge is 0.375 e. The van der Waals surface area contributed by atoms with E-state index in [-0.39, 0.29) is 6.61 Å². The monoisotopic (exact) mass is 221 g/mol. The van der Waals surface area contributed by atoms with Crippen molar-refractivity contribution in [1.29, 1.82) is 0 Å². The van der Waals surface area contributed by atoms with Gasteiger partial charge in [0.2, 0.25) is 0 Å². The zero-order valence-corrected chi connectivity index (χ0v) is 8.51. The molecule has 2 rings (SSSR count). The van der Waals surface area contributed by atoms with E-state index in [0.29, 0.717) is 6.61 Å². The lowest BCUT2D eigenvalue weighted by Crippen LogP contribution is -2.33. The predicted octanol–water partition coefficient (Wildman–Crippen LogP) is 0.838. The molecule has 1 aliphatic rings. The van der Waals surface area contributed by atoms with E-state index in [2.05, 4.69) is 10.1 Å². The number of alkyl carbamates (subject to hydrolysis) is 1. The Bertz CT molecular complexity index is 390. The topological polar surface area (TPSA) is 64.6 Å². The van der Waals surface area contributed by atoms with Gasteiger partial charge in [0.1, 0.15) is 0 Å². The second kappa shape index (κ2) is 4.76. The number of nitrogens with one attached hydrogen (secondary N) is 1. The van der Waals surface area contributed by atoms with Crippen molar-refractivity contribution in [3.05, 3.63) is 35.9 Å². The number of hydrogen-bond donors (Lipinski definition) is 1. The maximum Gasteiger partial charge on any atom is 0.415 e. The van der Waals surface area contributed by atoms with Crippen LogP contribution in [0.1, 0.15) is 5.56 Å². The van der Waals surface area contributed by atoms with E-state index in [4.69, 9.17) is 4.74 Å². The van der Waals surface area contributed by atoms with Crippen molar-refractivity contribution < 1.29 is 19.1 Å². The lowest BCUT2D eigenvalue weighted by Gasteiger charge is -2.06. The van der Waals surface area contributed by atoms with Gasteiger partial charge < -0.3 is 14.8 Å². The number of esters is 1. The predicted molar refractivity (Wildman–Crippen MR) is 54.5 cm³/mol. The molecule has 0 bridgehead atoms. The molecule has 1 atom stereocenters. The van der Waals surface area contributed by atoms with Gasteiger partial charge in [0, 0.05) is 0 Å². The molecule has 0 unspecified atom stereocenters. The third-order valence-corrected chi connectivity index (χ3v) is 2.17. The Balaban J connectivity index is 1.76. The average Bonchev–Trinajstić information content (AvgIpc) is 2.59. The van der Waals surface area contributed by atoms with Gasteiger partial charge in [0.25, 0.3) is 0 Å². The van der Waals surface area contributed by atoms with Gasteiger partial charge in [-0.1, -0.05) is 30.3 Å². The number of rotatable bonds is 4.